The summed E-state index contributed by atoms with van der Waals surface area (Å²) in [6, 6.07) is 13.7. The quantitative estimate of drug-likeness (QED) is 0.407. The second-order valence-electron chi connectivity index (χ2n) is 6.44. The van der Waals surface area contributed by atoms with E-state index in [0.29, 0.717) is 5.46 Å². The summed E-state index contributed by atoms with van der Waals surface area (Å²) < 4.78 is 2.01. The number of hydrogen-bond donors (Lipinski definition) is 0. The van der Waals surface area contributed by atoms with E-state index >= 15 is 0 Å². The summed E-state index contributed by atoms with van der Waals surface area (Å²) in [7, 11) is 5.94. The lowest BCUT2D eigenvalue weighted by Crippen LogP contribution is -2.01. The molecular weight excluding hydrogens is 343 g/mol. The Hall–Kier alpha value is -2.66. The topological polar surface area (TPSA) is 43.6 Å². The summed E-state index contributed by atoms with van der Waals surface area (Å²) in [4.78, 5) is 8.98. The zero-order valence-electron chi connectivity index (χ0n) is 13.9. The van der Waals surface area contributed by atoms with E-state index in [4.69, 9.17) is 24.5 Å². The molecule has 3 aromatic heterocycles. The van der Waals surface area contributed by atoms with E-state index in [-0.39, 0.29) is 5.38 Å². The number of rotatable bonds is 2. The highest BCUT2D eigenvalue weighted by Crippen LogP contribution is 2.44. The summed E-state index contributed by atoms with van der Waals surface area (Å²) in [5, 5.41) is 5.81. The van der Waals surface area contributed by atoms with Crippen molar-refractivity contribution in [2.75, 3.05) is 0 Å². The first-order valence-electron chi connectivity index (χ1n) is 8.53. The molecule has 4 heterocycles. The van der Waals surface area contributed by atoms with E-state index in [0.717, 1.165) is 52.1 Å². The number of pyridine rings is 2. The Balaban J connectivity index is 1.85. The number of hydrogen-bond acceptors (Lipinski definition) is 3. The van der Waals surface area contributed by atoms with Crippen molar-refractivity contribution in [1.29, 1.82) is 0 Å². The maximum absolute atomic E-state index is 6.66. The molecule has 1 aromatic carbocycles. The Bertz CT molecular complexity index is 1120. The lowest BCUT2D eigenvalue weighted by atomic mass is 9.91. The Morgan fingerprint density at radius 3 is 2.85 bits per heavy atom. The molecule has 0 amide bonds. The molecule has 0 aliphatic carbocycles. The van der Waals surface area contributed by atoms with Gasteiger partial charge in [-0.05, 0) is 36.2 Å². The molecule has 1 atom stereocenters. The van der Waals surface area contributed by atoms with E-state index in [2.05, 4.69) is 9.97 Å². The third-order valence-corrected chi connectivity index (χ3v) is 5.25. The highest BCUT2D eigenvalue weighted by Gasteiger charge is 2.31. The van der Waals surface area contributed by atoms with Crippen LogP contribution in [-0.4, -0.2) is 27.6 Å². The van der Waals surface area contributed by atoms with Crippen LogP contribution < -0.4 is 5.46 Å². The average Bonchev–Trinajstić information content (AvgIpc) is 3.21. The summed E-state index contributed by atoms with van der Waals surface area (Å²) in [5.41, 5.74) is 6.41. The number of aryl methyl sites for hydroxylation is 1. The first-order valence-corrected chi connectivity index (χ1v) is 8.97. The molecule has 124 valence electrons. The second kappa shape index (κ2) is 5.96. The largest absolute Gasteiger partial charge is 0.267 e. The number of halogens is 1. The van der Waals surface area contributed by atoms with Crippen molar-refractivity contribution in [3.63, 3.8) is 0 Å². The van der Waals surface area contributed by atoms with Gasteiger partial charge in [-0.15, -0.1) is 11.6 Å². The molecule has 4 nitrogen and oxygen atoms in total. The lowest BCUT2D eigenvalue weighted by molar-refractivity contribution is 0.657. The van der Waals surface area contributed by atoms with Gasteiger partial charge in [-0.2, -0.15) is 5.10 Å². The minimum atomic E-state index is -0.0630. The summed E-state index contributed by atoms with van der Waals surface area (Å²) in [5.74, 6) is 0. The SMILES string of the molecule is [B]c1ccc2c(-c3c(-c4ccccn4)nn4c3C(Cl)CC4)ccnc2c1. The van der Waals surface area contributed by atoms with Gasteiger partial charge in [0.15, 0.2) is 0 Å². The fourth-order valence-corrected chi connectivity index (χ4v) is 3.99. The molecule has 1 aliphatic rings. The molecule has 0 bridgehead atoms. The zero-order chi connectivity index (χ0) is 17.7. The normalized spacial score (nSPS) is 16.1. The van der Waals surface area contributed by atoms with Gasteiger partial charge in [0, 0.05) is 29.9 Å². The molecule has 0 N–H and O–H groups in total. The second-order valence-corrected chi connectivity index (χ2v) is 6.97. The van der Waals surface area contributed by atoms with E-state index < -0.39 is 0 Å². The third kappa shape index (κ3) is 2.35. The Labute approximate surface area is 157 Å². The van der Waals surface area contributed by atoms with Crippen LogP contribution in [0.4, 0.5) is 0 Å². The minimum Gasteiger partial charge on any atom is -0.267 e. The van der Waals surface area contributed by atoms with Crippen LogP contribution in [0.15, 0.2) is 54.9 Å². The fourth-order valence-electron chi connectivity index (χ4n) is 3.67. The third-order valence-electron chi connectivity index (χ3n) is 4.83. The molecular formula is C20H14BClN4. The minimum absolute atomic E-state index is 0.0630. The van der Waals surface area contributed by atoms with E-state index in [1.807, 2.05) is 53.3 Å². The molecule has 0 saturated carbocycles. The van der Waals surface area contributed by atoms with Crippen LogP contribution in [-0.2, 0) is 6.54 Å². The maximum atomic E-state index is 6.66. The molecule has 1 aliphatic heterocycles. The van der Waals surface area contributed by atoms with Crippen molar-refractivity contribution >= 4 is 35.8 Å². The number of fused-ring (bicyclic) bond motifs is 2. The molecule has 0 saturated heterocycles. The zero-order valence-corrected chi connectivity index (χ0v) is 14.7. The van der Waals surface area contributed by atoms with Gasteiger partial charge in [-0.1, -0.05) is 23.7 Å². The fraction of sp³-hybridized carbons (Fsp3) is 0.150. The van der Waals surface area contributed by atoms with Crippen LogP contribution in [0.2, 0.25) is 0 Å². The van der Waals surface area contributed by atoms with E-state index in [1.165, 1.54) is 0 Å². The standard InChI is InChI=1S/C20H14BClN4/c21-12-4-5-13-14(6-9-24-17(13)11-12)18-19(16-3-1-2-8-23-16)25-26-10-7-15(22)20(18)26/h1-6,8-9,11,15H,7,10H2. The molecule has 0 spiro atoms. The predicted molar refractivity (Wildman–Crippen MR) is 105 cm³/mol. The lowest BCUT2D eigenvalue weighted by Gasteiger charge is -2.11. The first-order chi connectivity index (χ1) is 12.7. The van der Waals surface area contributed by atoms with Gasteiger partial charge in [0.05, 0.1) is 22.3 Å². The van der Waals surface area contributed by atoms with Crippen LogP contribution in [0, 0.1) is 0 Å². The predicted octanol–water partition coefficient (Wildman–Crippen LogP) is 3.64. The van der Waals surface area contributed by atoms with Crippen LogP contribution in [0.3, 0.4) is 0 Å². The van der Waals surface area contributed by atoms with Gasteiger partial charge in [-0.25, -0.2) is 0 Å². The van der Waals surface area contributed by atoms with Crippen molar-refractivity contribution in [3.05, 3.63) is 60.6 Å². The molecule has 4 aromatic rings. The monoisotopic (exact) mass is 356 g/mol. The number of benzene rings is 1. The molecule has 1 unspecified atom stereocenters. The number of nitrogens with zero attached hydrogens (tertiary/aromatic N) is 4. The number of alkyl halides is 1. The van der Waals surface area contributed by atoms with Gasteiger partial charge >= 0.3 is 0 Å². The van der Waals surface area contributed by atoms with Crippen LogP contribution in [0.1, 0.15) is 17.5 Å². The van der Waals surface area contributed by atoms with Crippen molar-refractivity contribution in [3.8, 4) is 22.5 Å². The molecule has 6 heteroatoms. The Morgan fingerprint density at radius 2 is 2.00 bits per heavy atom. The van der Waals surface area contributed by atoms with Crippen molar-refractivity contribution in [1.82, 2.24) is 19.7 Å². The molecule has 26 heavy (non-hydrogen) atoms. The first kappa shape index (κ1) is 15.6. The van der Waals surface area contributed by atoms with E-state index in [1.54, 1.807) is 6.20 Å². The van der Waals surface area contributed by atoms with Crippen molar-refractivity contribution in [2.45, 2.75) is 18.3 Å². The van der Waals surface area contributed by atoms with Crippen LogP contribution in [0.5, 0.6) is 0 Å². The summed E-state index contributed by atoms with van der Waals surface area (Å²) in [6.07, 6.45) is 4.48. The van der Waals surface area contributed by atoms with Crippen LogP contribution in [0.25, 0.3) is 33.4 Å². The van der Waals surface area contributed by atoms with Gasteiger partial charge in [0.25, 0.3) is 0 Å². The molecule has 0 fully saturated rings. The van der Waals surface area contributed by atoms with Crippen molar-refractivity contribution < 1.29 is 0 Å². The summed E-state index contributed by atoms with van der Waals surface area (Å²) >= 11 is 6.66. The molecule has 5 rings (SSSR count). The summed E-state index contributed by atoms with van der Waals surface area (Å²) in [6.45, 7) is 0.819. The molecule has 2 radical (unpaired) electrons. The van der Waals surface area contributed by atoms with Gasteiger partial charge in [0.2, 0.25) is 0 Å². The maximum Gasteiger partial charge on any atom is 0.119 e. The van der Waals surface area contributed by atoms with Crippen LogP contribution >= 0.6 is 11.6 Å². The highest BCUT2D eigenvalue weighted by molar-refractivity contribution is 6.33. The highest BCUT2D eigenvalue weighted by atomic mass is 35.5. The van der Waals surface area contributed by atoms with Crippen molar-refractivity contribution in [2.24, 2.45) is 0 Å². The Kier molecular flexibility index (Phi) is 3.57. The smallest absolute Gasteiger partial charge is 0.119 e. The van der Waals surface area contributed by atoms with E-state index in [9.17, 15) is 0 Å². The van der Waals surface area contributed by atoms with Gasteiger partial charge in [0.1, 0.15) is 13.5 Å². The average molecular weight is 357 g/mol. The number of aromatic nitrogens is 4. The Morgan fingerprint density at radius 1 is 1.08 bits per heavy atom. The van der Waals surface area contributed by atoms with Gasteiger partial charge < -0.3 is 0 Å². The van der Waals surface area contributed by atoms with Gasteiger partial charge in [-0.3, -0.25) is 14.6 Å².